The summed E-state index contributed by atoms with van der Waals surface area (Å²) in [6.45, 7) is 2.15. The Morgan fingerprint density at radius 2 is 1.64 bits per heavy atom. The maximum Gasteiger partial charge on any atom is 0.506 e. The summed E-state index contributed by atoms with van der Waals surface area (Å²) in [6, 6.07) is 17.2. The molecule has 0 heterocycles. The normalized spacial score (nSPS) is 11.5. The first kappa shape index (κ1) is 18.5. The van der Waals surface area contributed by atoms with Gasteiger partial charge in [-0.3, -0.25) is 0 Å². The first-order valence-electron chi connectivity index (χ1n) is 8.64. The molecule has 4 heteroatoms. The average Bonchev–Trinajstić information content (AvgIpc) is 2.64. The first-order valence-corrected chi connectivity index (χ1v) is 8.64. The molecule has 2 aromatic carbocycles. The summed E-state index contributed by atoms with van der Waals surface area (Å²) in [6.07, 6.45) is 3.35. The predicted octanol–water partition coefficient (Wildman–Crippen LogP) is 5.93. The minimum atomic E-state index is -1.24. The molecule has 0 aliphatic carbocycles. The van der Waals surface area contributed by atoms with Gasteiger partial charge in [-0.15, -0.1) is 0 Å². The number of carboxylic acid groups (broad SMARTS) is 1. The molecule has 1 N–H and O–H groups in total. The van der Waals surface area contributed by atoms with E-state index in [9.17, 15) is 4.79 Å². The molecule has 2 aromatic rings. The molecule has 0 radical (unpaired) electrons. The van der Waals surface area contributed by atoms with Crippen LogP contribution < -0.4 is 0 Å². The van der Waals surface area contributed by atoms with Crippen LogP contribution in [0.15, 0.2) is 48.5 Å². The second-order valence-electron chi connectivity index (χ2n) is 6.03. The Morgan fingerprint density at radius 3 is 2.16 bits per heavy atom. The SMILES string of the molecule is CCCCCCC(OC(=O)O)c1ccc(-c2ccc(C#N)cc2)cc1. The second-order valence-corrected chi connectivity index (χ2v) is 6.03. The second kappa shape index (κ2) is 9.48. The van der Waals surface area contributed by atoms with E-state index in [1.807, 2.05) is 36.4 Å². The fraction of sp³-hybridized carbons (Fsp3) is 0.333. The Kier molecular flexibility index (Phi) is 7.03. The molecule has 0 amide bonds. The lowest BCUT2D eigenvalue weighted by Crippen LogP contribution is -2.09. The Balaban J connectivity index is 2.10. The number of ether oxygens (including phenoxy) is 1. The highest BCUT2D eigenvalue weighted by Crippen LogP contribution is 2.27. The Labute approximate surface area is 148 Å². The van der Waals surface area contributed by atoms with Crippen LogP contribution in [0.25, 0.3) is 11.1 Å². The molecule has 1 unspecified atom stereocenters. The van der Waals surface area contributed by atoms with Gasteiger partial charge in [-0.25, -0.2) is 4.79 Å². The monoisotopic (exact) mass is 337 g/mol. The third kappa shape index (κ3) is 5.65. The summed E-state index contributed by atoms with van der Waals surface area (Å²) in [7, 11) is 0. The van der Waals surface area contributed by atoms with E-state index in [1.54, 1.807) is 12.1 Å². The molecule has 2 rings (SSSR count). The molecule has 130 valence electrons. The number of rotatable bonds is 8. The van der Waals surface area contributed by atoms with E-state index in [4.69, 9.17) is 15.1 Å². The van der Waals surface area contributed by atoms with Crippen molar-refractivity contribution in [2.45, 2.75) is 45.1 Å². The van der Waals surface area contributed by atoms with Crippen molar-refractivity contribution < 1.29 is 14.6 Å². The molecule has 1 atom stereocenters. The van der Waals surface area contributed by atoms with Crippen LogP contribution in [0.5, 0.6) is 0 Å². The predicted molar refractivity (Wildman–Crippen MR) is 97.2 cm³/mol. The molecule has 0 aliphatic heterocycles. The number of nitrogens with zero attached hydrogens (tertiary/aromatic N) is 1. The van der Waals surface area contributed by atoms with Crippen molar-refractivity contribution in [1.82, 2.24) is 0 Å². The fourth-order valence-corrected chi connectivity index (χ4v) is 2.80. The summed E-state index contributed by atoms with van der Waals surface area (Å²) >= 11 is 0. The molecular weight excluding hydrogens is 314 g/mol. The lowest BCUT2D eigenvalue weighted by molar-refractivity contribution is 0.0464. The van der Waals surface area contributed by atoms with Crippen LogP contribution >= 0.6 is 0 Å². The standard InChI is InChI=1S/C21H23NO3/c1-2-3-4-5-6-20(25-21(23)24)19-13-11-18(12-14-19)17-9-7-16(15-22)8-10-17/h7-14,20H,2-6H2,1H3,(H,23,24). The molecular formula is C21H23NO3. The first-order chi connectivity index (χ1) is 12.1. The highest BCUT2D eigenvalue weighted by Gasteiger charge is 2.16. The number of hydrogen-bond acceptors (Lipinski definition) is 3. The zero-order valence-corrected chi connectivity index (χ0v) is 14.4. The number of hydrogen-bond donors (Lipinski definition) is 1. The van der Waals surface area contributed by atoms with Crippen molar-refractivity contribution >= 4 is 6.16 Å². The topological polar surface area (TPSA) is 70.3 Å². The molecule has 4 nitrogen and oxygen atoms in total. The maximum absolute atomic E-state index is 11.0. The Bertz CT molecular complexity index is 714. The van der Waals surface area contributed by atoms with Crippen molar-refractivity contribution in [1.29, 1.82) is 5.26 Å². The number of carbonyl (C=O) groups is 1. The van der Waals surface area contributed by atoms with Crippen LogP contribution in [0.1, 0.15) is 56.3 Å². The Morgan fingerprint density at radius 1 is 1.04 bits per heavy atom. The molecule has 0 fully saturated rings. The van der Waals surface area contributed by atoms with Crippen molar-refractivity contribution in [2.24, 2.45) is 0 Å². The van der Waals surface area contributed by atoms with E-state index in [0.29, 0.717) is 12.0 Å². The van der Waals surface area contributed by atoms with Crippen molar-refractivity contribution in [3.8, 4) is 17.2 Å². The van der Waals surface area contributed by atoms with Crippen LogP contribution in [0, 0.1) is 11.3 Å². The van der Waals surface area contributed by atoms with Gasteiger partial charge in [-0.1, -0.05) is 62.6 Å². The van der Waals surface area contributed by atoms with Gasteiger partial charge < -0.3 is 9.84 Å². The largest absolute Gasteiger partial charge is 0.506 e. The minimum Gasteiger partial charge on any atom is -0.450 e. The van der Waals surface area contributed by atoms with Gasteiger partial charge in [-0.2, -0.15) is 5.26 Å². The van der Waals surface area contributed by atoms with Crippen LogP contribution in [0.3, 0.4) is 0 Å². The van der Waals surface area contributed by atoms with Crippen LogP contribution in [0.2, 0.25) is 0 Å². The minimum absolute atomic E-state index is 0.427. The van der Waals surface area contributed by atoms with Gasteiger partial charge in [0.15, 0.2) is 0 Å². The molecule has 0 bridgehead atoms. The van der Waals surface area contributed by atoms with E-state index in [2.05, 4.69) is 13.0 Å². The summed E-state index contributed by atoms with van der Waals surface area (Å²) < 4.78 is 5.07. The summed E-state index contributed by atoms with van der Waals surface area (Å²) in [4.78, 5) is 11.0. The zero-order valence-electron chi connectivity index (χ0n) is 14.4. The summed E-state index contributed by atoms with van der Waals surface area (Å²) in [5.74, 6) is 0. The highest BCUT2D eigenvalue weighted by atomic mass is 16.7. The number of unbranched alkanes of at least 4 members (excludes halogenated alkanes) is 3. The lowest BCUT2D eigenvalue weighted by Gasteiger charge is -2.17. The third-order valence-corrected chi connectivity index (χ3v) is 4.19. The van der Waals surface area contributed by atoms with E-state index in [-0.39, 0.29) is 0 Å². The van der Waals surface area contributed by atoms with Gasteiger partial charge in [-0.05, 0) is 41.7 Å². The van der Waals surface area contributed by atoms with Gasteiger partial charge >= 0.3 is 6.16 Å². The van der Waals surface area contributed by atoms with Gasteiger partial charge in [0.1, 0.15) is 6.10 Å². The zero-order chi connectivity index (χ0) is 18.1. The van der Waals surface area contributed by atoms with Crippen LogP contribution in [0.4, 0.5) is 4.79 Å². The van der Waals surface area contributed by atoms with Gasteiger partial charge in [0.05, 0.1) is 11.6 Å². The maximum atomic E-state index is 11.0. The molecule has 0 saturated heterocycles. The quantitative estimate of drug-likeness (QED) is 0.478. The molecule has 0 spiro atoms. The average molecular weight is 337 g/mol. The lowest BCUT2D eigenvalue weighted by atomic mass is 9.98. The molecule has 0 saturated carbocycles. The summed E-state index contributed by atoms with van der Waals surface area (Å²) in [5, 5.41) is 17.8. The fourth-order valence-electron chi connectivity index (χ4n) is 2.80. The van der Waals surface area contributed by atoms with Gasteiger partial charge in [0.25, 0.3) is 0 Å². The van der Waals surface area contributed by atoms with Gasteiger partial charge in [0, 0.05) is 0 Å². The van der Waals surface area contributed by atoms with Crippen molar-refractivity contribution in [2.75, 3.05) is 0 Å². The van der Waals surface area contributed by atoms with E-state index >= 15 is 0 Å². The summed E-state index contributed by atoms with van der Waals surface area (Å²) in [5.41, 5.74) is 3.54. The molecule has 0 aliphatic rings. The van der Waals surface area contributed by atoms with Crippen molar-refractivity contribution in [3.63, 3.8) is 0 Å². The smallest absolute Gasteiger partial charge is 0.450 e. The Hall–Kier alpha value is -2.80. The van der Waals surface area contributed by atoms with E-state index in [1.165, 1.54) is 0 Å². The number of benzene rings is 2. The third-order valence-electron chi connectivity index (χ3n) is 4.19. The van der Waals surface area contributed by atoms with Crippen molar-refractivity contribution in [3.05, 3.63) is 59.7 Å². The number of nitriles is 1. The van der Waals surface area contributed by atoms with Gasteiger partial charge in [0.2, 0.25) is 0 Å². The highest BCUT2D eigenvalue weighted by molar-refractivity contribution is 5.64. The van der Waals surface area contributed by atoms with E-state index < -0.39 is 12.3 Å². The van der Waals surface area contributed by atoms with Crippen LogP contribution in [-0.2, 0) is 4.74 Å². The molecule has 0 aromatic heterocycles. The molecule has 25 heavy (non-hydrogen) atoms. The van der Waals surface area contributed by atoms with E-state index in [0.717, 1.165) is 42.4 Å². The van der Waals surface area contributed by atoms with Crippen LogP contribution in [-0.4, -0.2) is 11.3 Å².